The lowest BCUT2D eigenvalue weighted by Gasteiger charge is -2.31. The Kier molecular flexibility index (Phi) is 5.10. The van der Waals surface area contributed by atoms with E-state index in [2.05, 4.69) is 0 Å². The van der Waals surface area contributed by atoms with Gasteiger partial charge in [-0.3, -0.25) is 14.5 Å². The van der Waals surface area contributed by atoms with E-state index in [-0.39, 0.29) is 24.8 Å². The highest BCUT2D eigenvalue weighted by atomic mass is 16.5. The van der Waals surface area contributed by atoms with Crippen LogP contribution in [0, 0.1) is 0 Å². The molecule has 0 radical (unpaired) electrons. The summed E-state index contributed by atoms with van der Waals surface area (Å²) in [4.78, 5) is 33.3. The normalized spacial score (nSPS) is 21.8. The van der Waals surface area contributed by atoms with Gasteiger partial charge >= 0.3 is 0 Å². The van der Waals surface area contributed by atoms with Crippen molar-refractivity contribution in [3.05, 3.63) is 107 Å². The van der Waals surface area contributed by atoms with Gasteiger partial charge in [-0.2, -0.15) is 0 Å². The van der Waals surface area contributed by atoms with Crippen molar-refractivity contribution >= 4 is 17.7 Å². The second kappa shape index (κ2) is 8.08. The molecule has 3 aromatic rings. The Labute approximate surface area is 187 Å². The van der Waals surface area contributed by atoms with Crippen LogP contribution in [0.25, 0.3) is 0 Å². The first-order valence-corrected chi connectivity index (χ1v) is 10.9. The van der Waals surface area contributed by atoms with Gasteiger partial charge in [-0.25, -0.2) is 4.99 Å². The zero-order valence-corrected chi connectivity index (χ0v) is 17.9. The second-order valence-electron chi connectivity index (χ2n) is 8.20. The number of benzene rings is 3. The second-order valence-corrected chi connectivity index (χ2v) is 8.20. The van der Waals surface area contributed by atoms with Gasteiger partial charge < -0.3 is 4.74 Å². The van der Waals surface area contributed by atoms with Crippen molar-refractivity contribution in [1.29, 1.82) is 0 Å². The molecule has 2 atom stereocenters. The number of ether oxygens (including phenoxy) is 1. The largest absolute Gasteiger partial charge is 0.466 e. The predicted molar refractivity (Wildman–Crippen MR) is 122 cm³/mol. The summed E-state index contributed by atoms with van der Waals surface area (Å²) in [6, 6.07) is 27.2. The first kappa shape index (κ1) is 20.2. The molecule has 5 rings (SSSR count). The smallest absolute Gasteiger partial charge is 0.262 e. The Bertz CT molecular complexity index is 1190. The van der Waals surface area contributed by atoms with E-state index in [1.54, 1.807) is 6.92 Å². The minimum Gasteiger partial charge on any atom is -0.466 e. The summed E-state index contributed by atoms with van der Waals surface area (Å²) in [6.45, 7) is 2.01. The summed E-state index contributed by atoms with van der Waals surface area (Å²) in [5, 5.41) is 0. The SMILES string of the molecule is CCC(=O)N1Cc2ccccc2[C@@H]2OC(c3ccccc3)=N[C@]2(Cc2ccccc2)C1=O. The third-order valence-corrected chi connectivity index (χ3v) is 6.19. The van der Waals surface area contributed by atoms with E-state index < -0.39 is 11.6 Å². The standard InChI is InChI=1S/C27H24N2O3/c1-2-23(30)29-18-21-15-9-10-16-22(21)24-27(26(29)31,17-19-11-5-3-6-12-19)28-25(32-24)20-13-7-4-8-14-20/h3-16,24H,2,17-18H2,1H3/t24-,27-/m0/s1. The maximum atomic E-state index is 14.1. The van der Waals surface area contributed by atoms with Crippen LogP contribution in [-0.2, 0) is 27.3 Å². The molecule has 0 aliphatic carbocycles. The number of aliphatic imine (C=N–C) groups is 1. The first-order chi connectivity index (χ1) is 15.6. The molecule has 0 N–H and O–H groups in total. The zero-order valence-electron chi connectivity index (χ0n) is 17.9. The van der Waals surface area contributed by atoms with E-state index in [9.17, 15) is 9.59 Å². The molecular weight excluding hydrogens is 400 g/mol. The number of hydrogen-bond acceptors (Lipinski definition) is 4. The topological polar surface area (TPSA) is 59.0 Å². The molecule has 2 heterocycles. The van der Waals surface area contributed by atoms with Crippen LogP contribution in [0.5, 0.6) is 0 Å². The van der Waals surface area contributed by atoms with Crippen LogP contribution < -0.4 is 0 Å². The van der Waals surface area contributed by atoms with Gasteiger partial charge in [0.15, 0.2) is 11.6 Å². The molecule has 2 aliphatic rings. The Morgan fingerprint density at radius 3 is 2.38 bits per heavy atom. The highest BCUT2D eigenvalue weighted by Crippen LogP contribution is 2.46. The van der Waals surface area contributed by atoms with E-state index in [4.69, 9.17) is 9.73 Å². The van der Waals surface area contributed by atoms with E-state index in [1.165, 1.54) is 4.90 Å². The number of carbonyl (C=O) groups is 2. The average molecular weight is 425 g/mol. The zero-order chi connectivity index (χ0) is 22.1. The Hall–Kier alpha value is -3.73. The Morgan fingerprint density at radius 1 is 1.00 bits per heavy atom. The van der Waals surface area contributed by atoms with Crippen molar-refractivity contribution in [2.24, 2.45) is 4.99 Å². The van der Waals surface area contributed by atoms with Crippen LogP contribution >= 0.6 is 0 Å². The molecule has 160 valence electrons. The molecule has 5 heteroatoms. The molecule has 3 aromatic carbocycles. The number of amides is 2. The van der Waals surface area contributed by atoms with Gasteiger partial charge in [-0.1, -0.05) is 79.7 Å². The van der Waals surface area contributed by atoms with Crippen molar-refractivity contribution in [3.63, 3.8) is 0 Å². The number of nitrogens with zero attached hydrogens (tertiary/aromatic N) is 2. The van der Waals surface area contributed by atoms with E-state index in [0.29, 0.717) is 12.3 Å². The minimum atomic E-state index is -1.26. The van der Waals surface area contributed by atoms with Crippen LogP contribution in [0.3, 0.4) is 0 Å². The highest BCUT2D eigenvalue weighted by Gasteiger charge is 2.57. The molecule has 0 fully saturated rings. The predicted octanol–water partition coefficient (Wildman–Crippen LogP) is 4.47. The van der Waals surface area contributed by atoms with Gasteiger partial charge in [0, 0.05) is 24.0 Å². The molecule has 0 saturated heterocycles. The van der Waals surface area contributed by atoms with Gasteiger partial charge in [-0.15, -0.1) is 0 Å². The van der Waals surface area contributed by atoms with Crippen molar-refractivity contribution < 1.29 is 14.3 Å². The van der Waals surface area contributed by atoms with Crippen molar-refractivity contribution in [1.82, 2.24) is 4.90 Å². The Morgan fingerprint density at radius 2 is 1.66 bits per heavy atom. The molecule has 0 spiro atoms. The maximum absolute atomic E-state index is 14.1. The molecule has 2 amide bonds. The monoisotopic (exact) mass is 424 g/mol. The average Bonchev–Trinajstić information content (AvgIpc) is 3.19. The molecule has 5 nitrogen and oxygen atoms in total. The third kappa shape index (κ3) is 3.30. The molecular formula is C27H24N2O3. The number of carbonyl (C=O) groups excluding carboxylic acids is 2. The lowest BCUT2D eigenvalue weighted by Crippen LogP contribution is -2.51. The van der Waals surface area contributed by atoms with Crippen LogP contribution in [0.15, 0.2) is 89.9 Å². The van der Waals surface area contributed by atoms with Crippen molar-refractivity contribution in [2.75, 3.05) is 0 Å². The minimum absolute atomic E-state index is 0.207. The van der Waals surface area contributed by atoms with Gasteiger partial charge in [0.2, 0.25) is 11.8 Å². The fourth-order valence-corrected chi connectivity index (χ4v) is 4.59. The third-order valence-electron chi connectivity index (χ3n) is 6.19. The summed E-state index contributed by atoms with van der Waals surface area (Å²) in [5.41, 5.74) is 2.33. The molecule has 0 saturated carbocycles. The number of fused-ring (bicyclic) bond motifs is 3. The molecule has 32 heavy (non-hydrogen) atoms. The lowest BCUT2D eigenvalue weighted by molar-refractivity contribution is -0.150. The maximum Gasteiger partial charge on any atom is 0.262 e. The fraction of sp³-hybridized carbons (Fsp3) is 0.222. The first-order valence-electron chi connectivity index (χ1n) is 10.9. The highest BCUT2D eigenvalue weighted by molar-refractivity contribution is 6.06. The van der Waals surface area contributed by atoms with Crippen molar-refractivity contribution in [2.45, 2.75) is 38.0 Å². The van der Waals surface area contributed by atoms with E-state index in [0.717, 1.165) is 22.3 Å². The summed E-state index contributed by atoms with van der Waals surface area (Å²) < 4.78 is 6.46. The number of imide groups is 1. The Balaban J connectivity index is 1.73. The van der Waals surface area contributed by atoms with Crippen molar-refractivity contribution in [3.8, 4) is 0 Å². The van der Waals surface area contributed by atoms with Gasteiger partial charge in [0.05, 0.1) is 6.54 Å². The summed E-state index contributed by atoms with van der Waals surface area (Å²) in [6.07, 6.45) is -0.0257. The molecule has 2 aliphatic heterocycles. The van der Waals surface area contributed by atoms with E-state index in [1.807, 2.05) is 84.9 Å². The van der Waals surface area contributed by atoms with Gasteiger partial charge in [-0.05, 0) is 23.3 Å². The fourth-order valence-electron chi connectivity index (χ4n) is 4.59. The number of hydrogen-bond donors (Lipinski definition) is 0. The molecule has 0 bridgehead atoms. The van der Waals surface area contributed by atoms with Crippen LogP contribution in [-0.4, -0.2) is 28.2 Å². The summed E-state index contributed by atoms with van der Waals surface area (Å²) >= 11 is 0. The summed E-state index contributed by atoms with van der Waals surface area (Å²) in [7, 11) is 0. The van der Waals surface area contributed by atoms with Crippen LogP contribution in [0.2, 0.25) is 0 Å². The van der Waals surface area contributed by atoms with Crippen LogP contribution in [0.4, 0.5) is 0 Å². The number of rotatable bonds is 4. The van der Waals surface area contributed by atoms with Crippen LogP contribution in [0.1, 0.15) is 41.7 Å². The van der Waals surface area contributed by atoms with Gasteiger partial charge in [0.25, 0.3) is 5.91 Å². The van der Waals surface area contributed by atoms with Gasteiger partial charge in [0.1, 0.15) is 0 Å². The summed E-state index contributed by atoms with van der Waals surface area (Å²) in [5.74, 6) is -0.0814. The molecule has 0 aromatic heterocycles. The van der Waals surface area contributed by atoms with E-state index >= 15 is 0 Å². The molecule has 0 unspecified atom stereocenters. The quantitative estimate of drug-likeness (QED) is 0.621. The lowest BCUT2D eigenvalue weighted by atomic mass is 9.81.